The van der Waals surface area contributed by atoms with Crippen LogP contribution in [0.5, 0.6) is 5.75 Å². The summed E-state index contributed by atoms with van der Waals surface area (Å²) in [6, 6.07) is 8.51. The third kappa shape index (κ3) is 7.70. The molecule has 3 nitrogen and oxygen atoms in total. The Hall–Kier alpha value is -2.26. The highest BCUT2D eigenvalue weighted by molar-refractivity contribution is 5.39. The van der Waals surface area contributed by atoms with E-state index in [1.54, 1.807) is 6.07 Å². The number of aryl methyl sites for hydroxylation is 2. The van der Waals surface area contributed by atoms with E-state index in [9.17, 15) is 31.4 Å². The van der Waals surface area contributed by atoms with E-state index in [-0.39, 0.29) is 18.3 Å². The normalized spacial score (nSPS) is 14.3. The first-order chi connectivity index (χ1) is 14.9. The van der Waals surface area contributed by atoms with Gasteiger partial charge < -0.3 is 15.6 Å². The number of hydrogen-bond donors (Lipinski definition) is 2. The van der Waals surface area contributed by atoms with Crippen molar-refractivity contribution in [1.29, 1.82) is 0 Å². The first-order valence-electron chi connectivity index (χ1n) is 10.3. The van der Waals surface area contributed by atoms with E-state index in [0.29, 0.717) is 43.2 Å². The summed E-state index contributed by atoms with van der Waals surface area (Å²) in [7, 11) is 0. The number of halogens is 6. The number of alkyl halides is 6. The van der Waals surface area contributed by atoms with Crippen molar-refractivity contribution in [3.63, 3.8) is 0 Å². The van der Waals surface area contributed by atoms with Gasteiger partial charge in [-0.25, -0.2) is 0 Å². The van der Waals surface area contributed by atoms with E-state index in [0.717, 1.165) is 18.2 Å². The number of hydrogen-bond acceptors (Lipinski definition) is 3. The maximum Gasteiger partial charge on any atom is 0.419 e. The summed E-state index contributed by atoms with van der Waals surface area (Å²) in [5.74, 6) is -0.495. The zero-order chi connectivity index (χ0) is 23.9. The molecule has 3 N–H and O–H groups in total. The van der Waals surface area contributed by atoms with Crippen LogP contribution in [-0.4, -0.2) is 17.9 Å². The van der Waals surface area contributed by atoms with Crippen LogP contribution in [0.25, 0.3) is 0 Å². The molecule has 178 valence electrons. The van der Waals surface area contributed by atoms with Gasteiger partial charge in [-0.2, -0.15) is 26.3 Å². The van der Waals surface area contributed by atoms with Crippen molar-refractivity contribution in [3.8, 4) is 5.75 Å². The fraction of sp³-hybridized carbons (Fsp3) is 0.478. The van der Waals surface area contributed by atoms with Crippen molar-refractivity contribution < 1.29 is 36.2 Å². The number of nitrogens with two attached hydrogens (primary N) is 1. The lowest BCUT2D eigenvalue weighted by molar-refractivity contribution is -0.139. The van der Waals surface area contributed by atoms with Crippen molar-refractivity contribution in [1.82, 2.24) is 0 Å². The molecule has 0 aliphatic rings. The fourth-order valence-electron chi connectivity index (χ4n) is 3.37. The molecular formula is C23H27F6NO2. The highest BCUT2D eigenvalue weighted by Gasteiger charge is 2.35. The van der Waals surface area contributed by atoms with Crippen LogP contribution >= 0.6 is 0 Å². The molecule has 0 radical (unpaired) electrons. The van der Waals surface area contributed by atoms with Gasteiger partial charge in [0, 0.05) is 0 Å². The van der Waals surface area contributed by atoms with Gasteiger partial charge in [-0.15, -0.1) is 0 Å². The number of rotatable bonds is 10. The molecule has 2 unspecified atom stereocenters. The van der Waals surface area contributed by atoms with Gasteiger partial charge in [-0.1, -0.05) is 25.1 Å². The molecule has 0 aliphatic heterocycles. The Balaban J connectivity index is 1.97. The molecule has 2 aromatic rings. The van der Waals surface area contributed by atoms with Crippen LogP contribution in [0.4, 0.5) is 26.3 Å². The minimum Gasteiger partial charge on any atom is -0.493 e. The number of benzene rings is 2. The van der Waals surface area contributed by atoms with Crippen molar-refractivity contribution in [2.75, 3.05) is 6.61 Å². The second kappa shape index (κ2) is 11.0. The van der Waals surface area contributed by atoms with Crippen LogP contribution in [0.1, 0.15) is 48.4 Å². The summed E-state index contributed by atoms with van der Waals surface area (Å²) in [6.07, 6.45) is -7.91. The van der Waals surface area contributed by atoms with Gasteiger partial charge in [0.05, 0.1) is 17.7 Å². The van der Waals surface area contributed by atoms with Crippen molar-refractivity contribution >= 4 is 0 Å². The van der Waals surface area contributed by atoms with E-state index >= 15 is 0 Å². The SMILES string of the molecule is CCC(CCc1ccc(OCCCc2ccc(C(F)(F)F)cc2)c(C(F)(F)F)c1)C(N)O. The molecular weight excluding hydrogens is 436 g/mol. The van der Waals surface area contributed by atoms with Gasteiger partial charge in [0.2, 0.25) is 0 Å². The summed E-state index contributed by atoms with van der Waals surface area (Å²) in [4.78, 5) is 0. The molecule has 0 saturated carbocycles. The Bertz CT molecular complexity index is 847. The molecule has 32 heavy (non-hydrogen) atoms. The molecule has 0 saturated heterocycles. The van der Waals surface area contributed by atoms with Gasteiger partial charge in [-0.3, -0.25) is 0 Å². The summed E-state index contributed by atoms with van der Waals surface area (Å²) >= 11 is 0. The molecule has 2 atom stereocenters. The monoisotopic (exact) mass is 463 g/mol. The summed E-state index contributed by atoms with van der Waals surface area (Å²) in [5, 5.41) is 9.50. The highest BCUT2D eigenvalue weighted by Crippen LogP contribution is 2.37. The van der Waals surface area contributed by atoms with Crippen LogP contribution in [-0.2, 0) is 25.2 Å². The third-order valence-electron chi connectivity index (χ3n) is 5.31. The Morgan fingerprint density at radius 3 is 2.06 bits per heavy atom. The first-order valence-corrected chi connectivity index (χ1v) is 10.3. The summed E-state index contributed by atoms with van der Waals surface area (Å²) in [6.45, 7) is 1.84. The van der Waals surface area contributed by atoms with E-state index < -0.39 is 29.7 Å². The lowest BCUT2D eigenvalue weighted by Crippen LogP contribution is -2.29. The second-order valence-electron chi connectivity index (χ2n) is 7.67. The zero-order valence-electron chi connectivity index (χ0n) is 17.6. The largest absolute Gasteiger partial charge is 0.493 e. The zero-order valence-corrected chi connectivity index (χ0v) is 17.6. The topological polar surface area (TPSA) is 55.5 Å². The smallest absolute Gasteiger partial charge is 0.419 e. The van der Waals surface area contributed by atoms with Crippen LogP contribution in [0.3, 0.4) is 0 Å². The maximum absolute atomic E-state index is 13.5. The summed E-state index contributed by atoms with van der Waals surface area (Å²) < 4.78 is 83.6. The van der Waals surface area contributed by atoms with Gasteiger partial charge in [0.25, 0.3) is 0 Å². The molecule has 0 fully saturated rings. The Morgan fingerprint density at radius 2 is 1.53 bits per heavy atom. The maximum atomic E-state index is 13.5. The Kier molecular flexibility index (Phi) is 8.98. The lowest BCUT2D eigenvalue weighted by Gasteiger charge is -2.19. The molecule has 0 spiro atoms. The van der Waals surface area contributed by atoms with E-state index in [1.807, 2.05) is 6.92 Å². The van der Waals surface area contributed by atoms with Crippen molar-refractivity contribution in [3.05, 3.63) is 64.7 Å². The predicted octanol–water partition coefficient (Wildman–Crippen LogP) is 5.97. The van der Waals surface area contributed by atoms with E-state index in [2.05, 4.69) is 0 Å². The van der Waals surface area contributed by atoms with Crippen LogP contribution in [0, 0.1) is 5.92 Å². The van der Waals surface area contributed by atoms with E-state index in [1.165, 1.54) is 18.2 Å². The van der Waals surface area contributed by atoms with Crippen molar-refractivity contribution in [2.24, 2.45) is 11.7 Å². The molecule has 9 heteroatoms. The molecule has 2 rings (SSSR count). The lowest BCUT2D eigenvalue weighted by atomic mass is 9.95. The number of aliphatic hydroxyl groups excluding tert-OH is 1. The minimum atomic E-state index is -4.60. The minimum absolute atomic E-state index is 0.0132. The van der Waals surface area contributed by atoms with Crippen molar-refractivity contribution in [2.45, 2.75) is 57.6 Å². The van der Waals surface area contributed by atoms with Gasteiger partial charge in [-0.05, 0) is 73.4 Å². The quantitative estimate of drug-likeness (QED) is 0.259. The van der Waals surface area contributed by atoms with Crippen LogP contribution in [0.15, 0.2) is 42.5 Å². The fourth-order valence-corrected chi connectivity index (χ4v) is 3.37. The molecule has 2 aromatic carbocycles. The number of aliphatic hydroxyl groups is 1. The Labute approximate surface area is 183 Å². The third-order valence-corrected chi connectivity index (χ3v) is 5.31. The van der Waals surface area contributed by atoms with E-state index in [4.69, 9.17) is 10.5 Å². The molecule has 0 heterocycles. The second-order valence-corrected chi connectivity index (χ2v) is 7.67. The first kappa shape index (κ1) is 26.0. The van der Waals surface area contributed by atoms with Gasteiger partial charge in [0.15, 0.2) is 0 Å². The highest BCUT2D eigenvalue weighted by atomic mass is 19.4. The Morgan fingerprint density at radius 1 is 0.906 bits per heavy atom. The van der Waals surface area contributed by atoms with Crippen LogP contribution in [0.2, 0.25) is 0 Å². The standard InChI is InChI=1S/C23H27F6NO2/c1-2-17(21(30)31)9-5-16-8-12-20(19(14-16)23(27,28)29)32-13-3-4-15-6-10-18(11-7-15)22(24,25)26/h6-8,10-12,14,17,21,31H,2-5,9,13,30H2,1H3. The molecule has 0 amide bonds. The average Bonchev–Trinajstić information content (AvgIpc) is 2.71. The van der Waals surface area contributed by atoms with Gasteiger partial charge in [0.1, 0.15) is 12.0 Å². The molecule has 0 bridgehead atoms. The number of ether oxygens (including phenoxy) is 1. The molecule has 0 aromatic heterocycles. The molecule has 0 aliphatic carbocycles. The van der Waals surface area contributed by atoms with Gasteiger partial charge >= 0.3 is 12.4 Å². The summed E-state index contributed by atoms with van der Waals surface area (Å²) in [5.41, 5.74) is 4.95. The predicted molar refractivity (Wildman–Crippen MR) is 109 cm³/mol. The average molecular weight is 463 g/mol. The van der Waals surface area contributed by atoms with Crippen LogP contribution < -0.4 is 10.5 Å².